The molecule has 0 saturated carbocycles. The van der Waals surface area contributed by atoms with Crippen molar-refractivity contribution in [1.29, 1.82) is 5.26 Å². The summed E-state index contributed by atoms with van der Waals surface area (Å²) in [4.78, 5) is 12.5. The normalized spacial score (nSPS) is 11.0. The molecule has 0 aliphatic carbocycles. The molecule has 1 amide bonds. The summed E-state index contributed by atoms with van der Waals surface area (Å²) in [6, 6.07) is 18.4. The molecule has 0 saturated heterocycles. The molecule has 0 aliphatic rings. The minimum Gasteiger partial charge on any atom is -0.508 e. The van der Waals surface area contributed by atoms with E-state index in [1.807, 2.05) is 30.3 Å². The van der Waals surface area contributed by atoms with Gasteiger partial charge in [-0.15, -0.1) is 0 Å². The number of phenols is 1. The second-order valence-electron chi connectivity index (χ2n) is 6.39. The topological polar surface area (TPSA) is 82.3 Å². The van der Waals surface area contributed by atoms with Crippen molar-refractivity contribution in [3.63, 3.8) is 0 Å². The molecule has 3 rings (SSSR count). The molecule has 0 aromatic heterocycles. The first-order valence-electron chi connectivity index (χ1n) is 8.94. The largest absolute Gasteiger partial charge is 0.508 e. The fraction of sp³-hybridized carbons (Fsp3) is 0.0435. The van der Waals surface area contributed by atoms with Gasteiger partial charge in [-0.3, -0.25) is 4.79 Å². The predicted molar refractivity (Wildman–Crippen MR) is 125 cm³/mol. The van der Waals surface area contributed by atoms with Gasteiger partial charge in [0.05, 0.1) is 5.02 Å². The van der Waals surface area contributed by atoms with Crippen LogP contribution >= 0.6 is 39.1 Å². The number of anilines is 1. The van der Waals surface area contributed by atoms with E-state index < -0.39 is 5.91 Å². The third-order valence-electron chi connectivity index (χ3n) is 4.12. The number of halogens is 3. The maximum Gasteiger partial charge on any atom is 0.266 e. The number of phenolic OH excluding ortho intramolecular Hbond substituents is 1. The van der Waals surface area contributed by atoms with E-state index in [1.165, 1.54) is 36.4 Å². The van der Waals surface area contributed by atoms with Gasteiger partial charge in [-0.05, 0) is 60.2 Å². The van der Waals surface area contributed by atoms with E-state index in [2.05, 4.69) is 21.2 Å². The Kier molecular flexibility index (Phi) is 7.59. The van der Waals surface area contributed by atoms with Crippen LogP contribution in [-0.2, 0) is 11.4 Å². The smallest absolute Gasteiger partial charge is 0.266 e. The standard InChI is InChI=1S/C23H15BrCl2N2O3/c24-17-3-1-14(2-4-17)13-31-22-15(10-18(25)11-21(22)26)9-16(12-27)23(30)28-19-5-7-20(29)8-6-19/h1-11,29H,13H2,(H,28,30)/b16-9+. The Bertz CT molecular complexity index is 1170. The highest BCUT2D eigenvalue weighted by Gasteiger charge is 2.15. The van der Waals surface area contributed by atoms with Gasteiger partial charge in [-0.2, -0.15) is 5.26 Å². The highest BCUT2D eigenvalue weighted by atomic mass is 79.9. The van der Waals surface area contributed by atoms with Crippen molar-refractivity contribution in [3.8, 4) is 17.6 Å². The van der Waals surface area contributed by atoms with E-state index in [0.717, 1.165) is 10.0 Å². The number of carbonyl (C=O) groups is 1. The van der Waals surface area contributed by atoms with Crippen LogP contribution in [0, 0.1) is 11.3 Å². The second-order valence-corrected chi connectivity index (χ2v) is 8.15. The molecule has 3 aromatic carbocycles. The molecule has 0 bridgehead atoms. The predicted octanol–water partition coefficient (Wildman–Crippen LogP) is 6.59. The van der Waals surface area contributed by atoms with Crippen LogP contribution in [0.1, 0.15) is 11.1 Å². The van der Waals surface area contributed by atoms with Crippen molar-refractivity contribution in [2.45, 2.75) is 6.61 Å². The Morgan fingerprint density at radius 1 is 1.13 bits per heavy atom. The van der Waals surface area contributed by atoms with E-state index in [1.54, 1.807) is 6.07 Å². The maximum atomic E-state index is 12.5. The molecule has 0 spiro atoms. The zero-order chi connectivity index (χ0) is 22.4. The molecule has 0 radical (unpaired) electrons. The third kappa shape index (κ3) is 6.25. The Balaban J connectivity index is 1.87. The third-order valence-corrected chi connectivity index (χ3v) is 5.15. The van der Waals surface area contributed by atoms with Crippen molar-refractivity contribution in [1.82, 2.24) is 0 Å². The lowest BCUT2D eigenvalue weighted by Gasteiger charge is -2.13. The molecular weight excluding hydrogens is 503 g/mol. The molecule has 0 fully saturated rings. The Morgan fingerprint density at radius 3 is 2.45 bits per heavy atom. The zero-order valence-electron chi connectivity index (χ0n) is 15.9. The van der Waals surface area contributed by atoms with E-state index in [9.17, 15) is 15.2 Å². The maximum absolute atomic E-state index is 12.5. The van der Waals surface area contributed by atoms with E-state index in [-0.39, 0.29) is 23.0 Å². The van der Waals surface area contributed by atoms with Gasteiger partial charge in [0.15, 0.2) is 0 Å². The molecule has 5 nitrogen and oxygen atoms in total. The summed E-state index contributed by atoms with van der Waals surface area (Å²) in [5.41, 5.74) is 1.57. The Morgan fingerprint density at radius 2 is 1.81 bits per heavy atom. The first-order chi connectivity index (χ1) is 14.9. The number of amides is 1. The van der Waals surface area contributed by atoms with Crippen LogP contribution in [0.25, 0.3) is 6.08 Å². The fourth-order valence-corrected chi connectivity index (χ4v) is 3.45. The summed E-state index contributed by atoms with van der Waals surface area (Å²) < 4.78 is 6.83. The van der Waals surface area contributed by atoms with Gasteiger partial charge in [0.2, 0.25) is 0 Å². The number of nitriles is 1. The number of nitrogens with one attached hydrogen (secondary N) is 1. The molecule has 0 heterocycles. The van der Waals surface area contributed by atoms with Crippen molar-refractivity contribution < 1.29 is 14.6 Å². The molecule has 156 valence electrons. The molecule has 0 atom stereocenters. The summed E-state index contributed by atoms with van der Waals surface area (Å²) in [7, 11) is 0. The zero-order valence-corrected chi connectivity index (χ0v) is 19.0. The van der Waals surface area contributed by atoms with Crippen molar-refractivity contribution in [3.05, 3.63) is 91.9 Å². The van der Waals surface area contributed by atoms with Crippen LogP contribution in [-0.4, -0.2) is 11.0 Å². The number of benzene rings is 3. The van der Waals surface area contributed by atoms with Crippen molar-refractivity contribution in [2.75, 3.05) is 5.32 Å². The number of rotatable bonds is 6. The van der Waals surface area contributed by atoms with Crippen LogP contribution in [0.2, 0.25) is 10.0 Å². The summed E-state index contributed by atoms with van der Waals surface area (Å²) in [6.45, 7) is 0.233. The van der Waals surface area contributed by atoms with Crippen LogP contribution in [0.5, 0.6) is 11.5 Å². The van der Waals surface area contributed by atoms with Gasteiger partial charge >= 0.3 is 0 Å². The van der Waals surface area contributed by atoms with Gasteiger partial charge in [0, 0.05) is 20.7 Å². The number of aromatic hydroxyl groups is 1. The highest BCUT2D eigenvalue weighted by molar-refractivity contribution is 9.10. The summed E-state index contributed by atoms with van der Waals surface area (Å²) in [5, 5.41) is 22.1. The molecule has 2 N–H and O–H groups in total. The molecule has 0 unspecified atom stereocenters. The fourth-order valence-electron chi connectivity index (χ4n) is 2.62. The second kappa shape index (κ2) is 10.4. The average molecular weight is 518 g/mol. The average Bonchev–Trinajstić information content (AvgIpc) is 2.74. The lowest BCUT2D eigenvalue weighted by atomic mass is 10.1. The summed E-state index contributed by atoms with van der Waals surface area (Å²) >= 11 is 15.8. The van der Waals surface area contributed by atoms with Crippen molar-refractivity contribution in [2.24, 2.45) is 0 Å². The Labute approximate surface area is 197 Å². The first kappa shape index (κ1) is 22.7. The molecule has 31 heavy (non-hydrogen) atoms. The SMILES string of the molecule is N#C/C(=C\c1cc(Cl)cc(Cl)c1OCc1ccc(Br)cc1)C(=O)Nc1ccc(O)cc1. The summed E-state index contributed by atoms with van der Waals surface area (Å²) in [5.74, 6) is -0.252. The van der Waals surface area contributed by atoms with E-state index in [4.69, 9.17) is 27.9 Å². The number of nitrogens with zero attached hydrogens (tertiary/aromatic N) is 1. The van der Waals surface area contributed by atoms with Crippen LogP contribution in [0.3, 0.4) is 0 Å². The van der Waals surface area contributed by atoms with E-state index >= 15 is 0 Å². The van der Waals surface area contributed by atoms with Gasteiger partial charge < -0.3 is 15.2 Å². The van der Waals surface area contributed by atoms with Gasteiger partial charge in [-0.1, -0.05) is 51.3 Å². The van der Waals surface area contributed by atoms with Crippen LogP contribution in [0.4, 0.5) is 5.69 Å². The van der Waals surface area contributed by atoms with Crippen LogP contribution < -0.4 is 10.1 Å². The van der Waals surface area contributed by atoms with Crippen LogP contribution in [0.15, 0.2) is 70.7 Å². The Hall–Kier alpha value is -2.98. The van der Waals surface area contributed by atoms with Gasteiger partial charge in [0.25, 0.3) is 5.91 Å². The highest BCUT2D eigenvalue weighted by Crippen LogP contribution is 2.34. The lowest BCUT2D eigenvalue weighted by molar-refractivity contribution is -0.112. The van der Waals surface area contributed by atoms with Gasteiger partial charge in [0.1, 0.15) is 29.7 Å². The minimum absolute atomic E-state index is 0.0650. The summed E-state index contributed by atoms with van der Waals surface area (Å²) in [6.07, 6.45) is 1.37. The quantitative estimate of drug-likeness (QED) is 0.219. The number of ether oxygens (including phenoxy) is 1. The number of carbonyl (C=O) groups excluding carboxylic acids is 1. The number of hydrogen-bond acceptors (Lipinski definition) is 4. The minimum atomic E-state index is -0.622. The van der Waals surface area contributed by atoms with Crippen molar-refractivity contribution >= 4 is 56.8 Å². The molecular formula is C23H15BrCl2N2O3. The van der Waals surface area contributed by atoms with E-state index in [0.29, 0.717) is 22.0 Å². The first-order valence-corrected chi connectivity index (χ1v) is 10.5. The monoisotopic (exact) mass is 516 g/mol. The lowest BCUT2D eigenvalue weighted by Crippen LogP contribution is -2.13. The molecule has 0 aliphatic heterocycles. The number of hydrogen-bond donors (Lipinski definition) is 2. The molecule has 8 heteroatoms. The molecule has 3 aromatic rings. The van der Waals surface area contributed by atoms with Gasteiger partial charge in [-0.25, -0.2) is 0 Å².